The third kappa shape index (κ3) is 3.32. The molecule has 118 valence electrons. The lowest BCUT2D eigenvalue weighted by Crippen LogP contribution is -2.41. The van der Waals surface area contributed by atoms with Crippen molar-refractivity contribution in [1.82, 2.24) is 9.91 Å². The molecule has 1 aromatic carbocycles. The minimum atomic E-state index is -0.0293. The number of carbonyl (C=O) groups excluding carboxylic acids is 1. The fourth-order valence-electron chi connectivity index (χ4n) is 2.97. The summed E-state index contributed by atoms with van der Waals surface area (Å²) in [6.07, 6.45) is 0.842. The first-order valence-electron chi connectivity index (χ1n) is 7.52. The van der Waals surface area contributed by atoms with E-state index < -0.39 is 0 Å². The number of methoxy groups -OCH3 is 1. The maximum atomic E-state index is 12.3. The van der Waals surface area contributed by atoms with Gasteiger partial charge in [0.25, 0.3) is 5.91 Å². The van der Waals surface area contributed by atoms with Crippen molar-refractivity contribution in [2.45, 2.75) is 13.0 Å². The van der Waals surface area contributed by atoms with Crippen molar-refractivity contribution in [2.24, 2.45) is 11.0 Å². The van der Waals surface area contributed by atoms with Gasteiger partial charge < -0.3 is 4.74 Å². The van der Waals surface area contributed by atoms with Crippen LogP contribution in [0.2, 0.25) is 5.02 Å². The zero-order chi connectivity index (χ0) is 15.5. The monoisotopic (exact) mass is 321 g/mol. The molecular weight excluding hydrogens is 302 g/mol. The van der Waals surface area contributed by atoms with E-state index in [1.807, 2.05) is 24.3 Å². The van der Waals surface area contributed by atoms with Crippen LogP contribution in [-0.2, 0) is 16.1 Å². The van der Waals surface area contributed by atoms with E-state index in [9.17, 15) is 4.79 Å². The van der Waals surface area contributed by atoms with Gasteiger partial charge >= 0.3 is 0 Å². The molecule has 1 fully saturated rings. The molecule has 0 saturated carbocycles. The average Bonchev–Trinajstić information content (AvgIpc) is 2.83. The Hall–Kier alpha value is -1.43. The predicted octanol–water partition coefficient (Wildman–Crippen LogP) is 2.01. The number of halogens is 1. The molecule has 5 nitrogen and oxygen atoms in total. The van der Waals surface area contributed by atoms with Gasteiger partial charge in [-0.3, -0.25) is 9.69 Å². The summed E-state index contributed by atoms with van der Waals surface area (Å²) in [6, 6.07) is 7.90. The maximum absolute atomic E-state index is 12.3. The van der Waals surface area contributed by atoms with E-state index in [4.69, 9.17) is 16.3 Å². The highest BCUT2D eigenvalue weighted by Gasteiger charge is 2.38. The van der Waals surface area contributed by atoms with Gasteiger partial charge in [0.2, 0.25) is 0 Å². The van der Waals surface area contributed by atoms with Gasteiger partial charge in [-0.05, 0) is 24.1 Å². The molecule has 2 heterocycles. The molecule has 1 saturated heterocycles. The van der Waals surface area contributed by atoms with Crippen molar-refractivity contribution in [3.8, 4) is 0 Å². The zero-order valence-corrected chi connectivity index (χ0v) is 13.4. The van der Waals surface area contributed by atoms with Crippen LogP contribution in [0.1, 0.15) is 12.0 Å². The molecule has 0 radical (unpaired) electrons. The van der Waals surface area contributed by atoms with Gasteiger partial charge in [-0.2, -0.15) is 5.10 Å². The van der Waals surface area contributed by atoms with E-state index in [0.29, 0.717) is 13.2 Å². The Labute approximate surface area is 135 Å². The summed E-state index contributed by atoms with van der Waals surface area (Å²) < 4.78 is 5.03. The Balaban J connectivity index is 1.62. The Morgan fingerprint density at radius 2 is 2.14 bits per heavy atom. The summed E-state index contributed by atoms with van der Waals surface area (Å²) in [7, 11) is 1.63. The Bertz CT molecular complexity index is 573. The summed E-state index contributed by atoms with van der Waals surface area (Å²) in [6.45, 7) is 3.57. The van der Waals surface area contributed by atoms with Crippen LogP contribution in [0, 0.1) is 5.92 Å². The van der Waals surface area contributed by atoms with Crippen LogP contribution in [0.4, 0.5) is 0 Å². The largest absolute Gasteiger partial charge is 0.383 e. The van der Waals surface area contributed by atoms with Crippen molar-refractivity contribution in [1.29, 1.82) is 0 Å². The minimum absolute atomic E-state index is 0.0293. The number of nitrogens with zero attached hydrogens (tertiary/aromatic N) is 3. The third-order valence-electron chi connectivity index (χ3n) is 4.15. The van der Waals surface area contributed by atoms with E-state index in [-0.39, 0.29) is 11.8 Å². The number of hydrogen-bond acceptors (Lipinski definition) is 4. The summed E-state index contributed by atoms with van der Waals surface area (Å²) in [5, 5.41) is 6.81. The zero-order valence-electron chi connectivity index (χ0n) is 12.7. The Morgan fingerprint density at radius 1 is 1.36 bits per heavy atom. The molecule has 1 aromatic rings. The first kappa shape index (κ1) is 15.5. The van der Waals surface area contributed by atoms with Crippen LogP contribution in [0.5, 0.6) is 0 Å². The van der Waals surface area contributed by atoms with E-state index in [1.165, 1.54) is 5.56 Å². The van der Waals surface area contributed by atoms with Gasteiger partial charge in [0.1, 0.15) is 0 Å². The number of rotatable bonds is 5. The number of benzene rings is 1. The fraction of sp³-hybridized carbons (Fsp3) is 0.500. The molecule has 2 aliphatic heterocycles. The van der Waals surface area contributed by atoms with E-state index in [1.54, 1.807) is 12.1 Å². The molecular formula is C16H20ClN3O2. The highest BCUT2D eigenvalue weighted by atomic mass is 35.5. The van der Waals surface area contributed by atoms with Gasteiger partial charge in [0, 0.05) is 31.8 Å². The molecule has 1 atom stereocenters. The second kappa shape index (κ2) is 6.77. The number of fused-ring (bicyclic) bond motifs is 1. The highest BCUT2D eigenvalue weighted by Crippen LogP contribution is 2.25. The molecule has 0 aliphatic carbocycles. The summed E-state index contributed by atoms with van der Waals surface area (Å²) in [5.41, 5.74) is 2.21. The quantitative estimate of drug-likeness (QED) is 0.833. The molecule has 0 spiro atoms. The molecule has 2 aliphatic rings. The second-order valence-electron chi connectivity index (χ2n) is 5.72. The lowest BCUT2D eigenvalue weighted by atomic mass is 9.94. The summed E-state index contributed by atoms with van der Waals surface area (Å²) >= 11 is 5.92. The molecule has 0 bridgehead atoms. The van der Waals surface area contributed by atoms with Crippen LogP contribution in [0.25, 0.3) is 0 Å². The number of amides is 1. The summed E-state index contributed by atoms with van der Waals surface area (Å²) in [5.74, 6) is 0.0940. The number of ether oxygens (including phenoxy) is 1. The second-order valence-corrected chi connectivity index (χ2v) is 6.16. The van der Waals surface area contributed by atoms with E-state index >= 15 is 0 Å². The van der Waals surface area contributed by atoms with Crippen molar-refractivity contribution in [2.75, 3.05) is 33.4 Å². The van der Waals surface area contributed by atoms with E-state index in [2.05, 4.69) is 10.0 Å². The number of likely N-dealkylation sites (tertiary alicyclic amines) is 1. The van der Waals surface area contributed by atoms with Gasteiger partial charge in [-0.15, -0.1) is 0 Å². The first-order valence-corrected chi connectivity index (χ1v) is 7.89. The van der Waals surface area contributed by atoms with Gasteiger partial charge in [-0.25, -0.2) is 5.01 Å². The van der Waals surface area contributed by atoms with Gasteiger partial charge in [0.15, 0.2) is 0 Å². The van der Waals surface area contributed by atoms with Gasteiger partial charge in [-0.1, -0.05) is 23.7 Å². The van der Waals surface area contributed by atoms with Crippen LogP contribution >= 0.6 is 11.6 Å². The number of carbonyl (C=O) groups is 1. The van der Waals surface area contributed by atoms with Crippen LogP contribution < -0.4 is 0 Å². The van der Waals surface area contributed by atoms with Crippen molar-refractivity contribution < 1.29 is 9.53 Å². The molecule has 0 aromatic heterocycles. The van der Waals surface area contributed by atoms with Crippen LogP contribution in [-0.4, -0.2) is 54.9 Å². The van der Waals surface area contributed by atoms with Crippen molar-refractivity contribution >= 4 is 23.2 Å². The molecule has 22 heavy (non-hydrogen) atoms. The predicted molar refractivity (Wildman–Crippen MR) is 85.9 cm³/mol. The standard InChI is InChI=1S/C16H20ClN3O2/c1-22-9-8-20-16(21)14-6-7-19(11-15(14)18-20)10-12-2-4-13(17)5-3-12/h2-5,14H,6-11H2,1H3. The molecule has 3 rings (SSSR count). The maximum Gasteiger partial charge on any atom is 0.251 e. The average molecular weight is 322 g/mol. The SMILES string of the molecule is COCCN1N=C2CN(Cc3ccc(Cl)cc3)CCC2C1=O. The molecule has 1 unspecified atom stereocenters. The number of hydrazone groups is 1. The lowest BCUT2D eigenvalue weighted by molar-refractivity contribution is -0.132. The first-order chi connectivity index (χ1) is 10.7. The molecule has 1 amide bonds. The smallest absolute Gasteiger partial charge is 0.251 e. The number of piperidine rings is 1. The van der Waals surface area contributed by atoms with E-state index in [0.717, 1.165) is 36.8 Å². The Morgan fingerprint density at radius 3 is 2.86 bits per heavy atom. The summed E-state index contributed by atoms with van der Waals surface area (Å²) in [4.78, 5) is 14.6. The lowest BCUT2D eigenvalue weighted by Gasteiger charge is -2.29. The molecule has 0 N–H and O–H groups in total. The molecule has 6 heteroatoms. The van der Waals surface area contributed by atoms with Crippen LogP contribution in [0.3, 0.4) is 0 Å². The normalized spacial score (nSPS) is 21.9. The fourth-order valence-corrected chi connectivity index (χ4v) is 3.10. The van der Waals surface area contributed by atoms with Crippen molar-refractivity contribution in [3.63, 3.8) is 0 Å². The third-order valence-corrected chi connectivity index (χ3v) is 4.40. The minimum Gasteiger partial charge on any atom is -0.383 e. The number of hydrogen-bond donors (Lipinski definition) is 0. The highest BCUT2D eigenvalue weighted by molar-refractivity contribution is 6.30. The topological polar surface area (TPSA) is 45.1 Å². The van der Waals surface area contributed by atoms with Crippen LogP contribution in [0.15, 0.2) is 29.4 Å². The van der Waals surface area contributed by atoms with Gasteiger partial charge in [0.05, 0.1) is 24.8 Å². The Kier molecular flexibility index (Phi) is 4.76. The van der Waals surface area contributed by atoms with Crippen molar-refractivity contribution in [3.05, 3.63) is 34.9 Å².